The summed E-state index contributed by atoms with van der Waals surface area (Å²) in [6.07, 6.45) is 3.42. The van der Waals surface area contributed by atoms with Crippen molar-refractivity contribution in [2.24, 2.45) is 7.05 Å². The minimum absolute atomic E-state index is 0.0185. The summed E-state index contributed by atoms with van der Waals surface area (Å²) in [6, 6.07) is 23.8. The molecule has 0 atom stereocenters. The van der Waals surface area contributed by atoms with E-state index in [9.17, 15) is 9.59 Å². The van der Waals surface area contributed by atoms with Gasteiger partial charge in [0.2, 0.25) is 0 Å². The first-order valence-electron chi connectivity index (χ1n) is 13.5. The second kappa shape index (κ2) is 11.7. The van der Waals surface area contributed by atoms with E-state index in [1.54, 1.807) is 15.3 Å². The van der Waals surface area contributed by atoms with Crippen LogP contribution in [0.25, 0.3) is 16.9 Å². The van der Waals surface area contributed by atoms with Crippen LogP contribution in [0.3, 0.4) is 0 Å². The first kappa shape index (κ1) is 26.9. The maximum absolute atomic E-state index is 13.2. The Balaban J connectivity index is 0.993. The van der Waals surface area contributed by atoms with Gasteiger partial charge >= 0.3 is 0 Å². The molecule has 0 bridgehead atoms. The van der Waals surface area contributed by atoms with E-state index < -0.39 is 0 Å². The SMILES string of the molecule is Cn1nc(-c2ccccc2)cc1C(=O)N1CCN(Cc2ccc(CNC(=O)c3cnc4cc(Br)ccn34)cc2)CC1. The summed E-state index contributed by atoms with van der Waals surface area (Å²) >= 11 is 3.43. The molecule has 2 amide bonds. The molecule has 10 heteroatoms. The van der Waals surface area contributed by atoms with E-state index in [0.29, 0.717) is 36.7 Å². The topological polar surface area (TPSA) is 87.8 Å². The molecular weight excluding hydrogens is 582 g/mol. The van der Waals surface area contributed by atoms with Gasteiger partial charge in [-0.3, -0.25) is 23.6 Å². The number of halogens is 1. The van der Waals surface area contributed by atoms with Crippen molar-refractivity contribution in [2.75, 3.05) is 26.2 Å². The zero-order valence-corrected chi connectivity index (χ0v) is 24.3. The number of hydrogen-bond donors (Lipinski definition) is 1. The molecule has 6 rings (SSSR count). The number of aromatic nitrogens is 4. The highest BCUT2D eigenvalue weighted by atomic mass is 79.9. The lowest BCUT2D eigenvalue weighted by atomic mass is 10.1. The third-order valence-corrected chi connectivity index (χ3v) is 7.91. The van der Waals surface area contributed by atoms with Crippen molar-refractivity contribution in [2.45, 2.75) is 13.1 Å². The average Bonchev–Trinajstić information content (AvgIpc) is 3.60. The van der Waals surface area contributed by atoms with E-state index in [-0.39, 0.29) is 11.8 Å². The monoisotopic (exact) mass is 611 g/mol. The zero-order chi connectivity index (χ0) is 28.3. The molecule has 0 saturated carbocycles. The summed E-state index contributed by atoms with van der Waals surface area (Å²) in [4.78, 5) is 34.6. The van der Waals surface area contributed by atoms with Gasteiger partial charge in [0, 0.05) is 62.5 Å². The molecule has 5 aromatic rings. The number of imidazole rings is 1. The predicted molar refractivity (Wildman–Crippen MR) is 160 cm³/mol. The average molecular weight is 613 g/mol. The number of benzene rings is 2. The van der Waals surface area contributed by atoms with Crippen LogP contribution in [0, 0.1) is 0 Å². The van der Waals surface area contributed by atoms with Crippen molar-refractivity contribution in [3.05, 3.63) is 112 Å². The Kier molecular flexibility index (Phi) is 7.67. The van der Waals surface area contributed by atoms with Crippen LogP contribution in [0.4, 0.5) is 0 Å². The van der Waals surface area contributed by atoms with Crippen LogP contribution in [0.1, 0.15) is 32.1 Å². The summed E-state index contributed by atoms with van der Waals surface area (Å²) in [6.45, 7) is 4.22. The van der Waals surface area contributed by atoms with E-state index in [4.69, 9.17) is 0 Å². The number of nitrogens with zero attached hydrogens (tertiary/aromatic N) is 6. The highest BCUT2D eigenvalue weighted by Gasteiger charge is 2.25. The molecule has 1 N–H and O–H groups in total. The summed E-state index contributed by atoms with van der Waals surface area (Å²) < 4.78 is 4.37. The van der Waals surface area contributed by atoms with Gasteiger partial charge in [-0.1, -0.05) is 70.5 Å². The summed E-state index contributed by atoms with van der Waals surface area (Å²) in [5.74, 6) is -0.149. The second-order valence-corrected chi connectivity index (χ2v) is 11.1. The molecule has 4 heterocycles. The molecule has 41 heavy (non-hydrogen) atoms. The Labute approximate surface area is 246 Å². The van der Waals surface area contributed by atoms with E-state index >= 15 is 0 Å². The lowest BCUT2D eigenvalue weighted by molar-refractivity contribution is 0.0617. The molecule has 0 unspecified atom stereocenters. The lowest BCUT2D eigenvalue weighted by Crippen LogP contribution is -2.48. The fourth-order valence-corrected chi connectivity index (χ4v) is 5.43. The number of pyridine rings is 1. The molecule has 1 aliphatic heterocycles. The van der Waals surface area contributed by atoms with Gasteiger partial charge in [-0.2, -0.15) is 5.10 Å². The Morgan fingerprint density at radius 2 is 1.63 bits per heavy atom. The van der Waals surface area contributed by atoms with E-state index in [2.05, 4.69) is 48.4 Å². The number of nitrogens with one attached hydrogen (secondary N) is 1. The molecule has 0 radical (unpaired) electrons. The maximum atomic E-state index is 13.2. The van der Waals surface area contributed by atoms with Gasteiger partial charge in [-0.15, -0.1) is 0 Å². The normalized spacial score (nSPS) is 14.0. The van der Waals surface area contributed by atoms with Gasteiger partial charge in [0.15, 0.2) is 0 Å². The van der Waals surface area contributed by atoms with Crippen molar-refractivity contribution in [3.63, 3.8) is 0 Å². The van der Waals surface area contributed by atoms with Crippen molar-refractivity contribution < 1.29 is 9.59 Å². The number of hydrogen-bond acceptors (Lipinski definition) is 5. The molecule has 1 saturated heterocycles. The molecule has 0 spiro atoms. The van der Waals surface area contributed by atoms with Crippen LogP contribution < -0.4 is 5.32 Å². The second-order valence-electron chi connectivity index (χ2n) is 10.2. The number of fused-ring (bicyclic) bond motifs is 1. The Hall–Kier alpha value is -4.28. The number of carbonyl (C=O) groups excluding carboxylic acids is 2. The standard InChI is InChI=1S/C31H30BrN7O2/c1-36-27(18-26(35-36)24-5-3-2-4-6-24)31(41)38-15-13-37(14-16-38)21-23-9-7-22(8-10-23)19-34-30(40)28-20-33-29-17-25(32)11-12-39(28)29/h2-12,17-18,20H,13-16,19,21H2,1H3,(H,34,40). The maximum Gasteiger partial charge on any atom is 0.272 e. The van der Waals surface area contributed by atoms with Crippen LogP contribution in [0.15, 0.2) is 89.7 Å². The van der Waals surface area contributed by atoms with Crippen molar-refractivity contribution in [3.8, 4) is 11.3 Å². The van der Waals surface area contributed by atoms with Crippen LogP contribution in [-0.2, 0) is 20.1 Å². The van der Waals surface area contributed by atoms with Crippen molar-refractivity contribution >= 4 is 33.4 Å². The van der Waals surface area contributed by atoms with E-state index in [1.807, 2.05) is 78.8 Å². The number of amides is 2. The van der Waals surface area contributed by atoms with E-state index in [0.717, 1.165) is 40.9 Å². The van der Waals surface area contributed by atoms with Gasteiger partial charge in [-0.05, 0) is 29.3 Å². The molecule has 3 aromatic heterocycles. The van der Waals surface area contributed by atoms with Crippen LogP contribution in [0.2, 0.25) is 0 Å². The first-order chi connectivity index (χ1) is 19.9. The van der Waals surface area contributed by atoms with Crippen LogP contribution in [0.5, 0.6) is 0 Å². The number of carbonyl (C=O) groups is 2. The quantitative estimate of drug-likeness (QED) is 0.295. The summed E-state index contributed by atoms with van der Waals surface area (Å²) in [5, 5.41) is 7.54. The molecule has 1 aliphatic rings. The third-order valence-electron chi connectivity index (χ3n) is 7.42. The minimum atomic E-state index is -0.168. The molecule has 9 nitrogen and oxygen atoms in total. The molecule has 0 aliphatic carbocycles. The van der Waals surface area contributed by atoms with Gasteiger partial charge in [0.05, 0.1) is 11.9 Å². The first-order valence-corrected chi connectivity index (χ1v) is 14.3. The van der Waals surface area contributed by atoms with Crippen LogP contribution >= 0.6 is 15.9 Å². The molecule has 208 valence electrons. The predicted octanol–water partition coefficient (Wildman–Crippen LogP) is 4.39. The van der Waals surface area contributed by atoms with Gasteiger partial charge in [0.25, 0.3) is 11.8 Å². The molecular formula is C31H30BrN7O2. The number of rotatable bonds is 7. The minimum Gasteiger partial charge on any atom is -0.347 e. The smallest absolute Gasteiger partial charge is 0.272 e. The van der Waals surface area contributed by atoms with Gasteiger partial charge in [-0.25, -0.2) is 4.98 Å². The summed E-state index contributed by atoms with van der Waals surface area (Å²) in [5.41, 5.74) is 5.86. The largest absolute Gasteiger partial charge is 0.347 e. The van der Waals surface area contributed by atoms with E-state index in [1.165, 1.54) is 5.56 Å². The number of aryl methyl sites for hydroxylation is 1. The Morgan fingerprint density at radius 1 is 0.902 bits per heavy atom. The van der Waals surface area contributed by atoms with Crippen molar-refractivity contribution in [1.29, 1.82) is 0 Å². The zero-order valence-electron chi connectivity index (χ0n) is 22.7. The fourth-order valence-electron chi connectivity index (χ4n) is 5.11. The third kappa shape index (κ3) is 5.94. The Bertz CT molecular complexity index is 1690. The lowest BCUT2D eigenvalue weighted by Gasteiger charge is -2.34. The van der Waals surface area contributed by atoms with Gasteiger partial charge < -0.3 is 10.2 Å². The summed E-state index contributed by atoms with van der Waals surface area (Å²) in [7, 11) is 1.82. The number of piperazine rings is 1. The molecule has 2 aromatic carbocycles. The highest BCUT2D eigenvalue weighted by molar-refractivity contribution is 9.10. The fraction of sp³-hybridized carbons (Fsp3) is 0.226. The van der Waals surface area contributed by atoms with Crippen LogP contribution in [-0.4, -0.2) is 67.0 Å². The highest BCUT2D eigenvalue weighted by Crippen LogP contribution is 2.20. The van der Waals surface area contributed by atoms with Gasteiger partial charge in [0.1, 0.15) is 17.0 Å². The Morgan fingerprint density at radius 3 is 2.39 bits per heavy atom. The van der Waals surface area contributed by atoms with Crippen molar-refractivity contribution in [1.82, 2.24) is 34.3 Å². The molecule has 1 fully saturated rings.